The first-order chi connectivity index (χ1) is 6.61. The molecular formula is C12H11ClO. The first kappa shape index (κ1) is 10.8. The van der Waals surface area contributed by atoms with Gasteiger partial charge in [-0.3, -0.25) is 4.79 Å². The van der Waals surface area contributed by atoms with Crippen LogP contribution >= 0.6 is 11.6 Å². The summed E-state index contributed by atoms with van der Waals surface area (Å²) in [5, 5.41) is 0.675. The van der Waals surface area contributed by atoms with Crippen LogP contribution in [0.5, 0.6) is 0 Å². The van der Waals surface area contributed by atoms with Gasteiger partial charge in [-0.1, -0.05) is 29.8 Å². The predicted molar refractivity (Wildman–Crippen MR) is 59.3 cm³/mol. The summed E-state index contributed by atoms with van der Waals surface area (Å²) < 4.78 is 0. The molecule has 0 radical (unpaired) electrons. The van der Waals surface area contributed by atoms with Gasteiger partial charge in [0.25, 0.3) is 0 Å². The van der Waals surface area contributed by atoms with Gasteiger partial charge in [0.15, 0.2) is 5.78 Å². The monoisotopic (exact) mass is 206 g/mol. The second kappa shape index (κ2) is 4.80. The molecule has 0 aromatic heterocycles. The van der Waals surface area contributed by atoms with Gasteiger partial charge in [-0.25, -0.2) is 0 Å². The summed E-state index contributed by atoms with van der Waals surface area (Å²) in [6, 6.07) is 7.49. The second-order valence-electron chi connectivity index (χ2n) is 3.00. The normalized spacial score (nSPS) is 9.07. The fourth-order valence-corrected chi connectivity index (χ4v) is 1.33. The first-order valence-electron chi connectivity index (χ1n) is 4.30. The fraction of sp³-hybridized carbons (Fsp3) is 0.167. The summed E-state index contributed by atoms with van der Waals surface area (Å²) in [7, 11) is 0. The van der Waals surface area contributed by atoms with Gasteiger partial charge in [0.05, 0.1) is 0 Å². The quantitative estimate of drug-likeness (QED) is 0.535. The third-order valence-corrected chi connectivity index (χ3v) is 2.10. The Hall–Kier alpha value is -1.30. The molecule has 14 heavy (non-hydrogen) atoms. The number of rotatable bonds is 2. The molecule has 0 fully saturated rings. The van der Waals surface area contributed by atoms with E-state index in [1.807, 2.05) is 31.2 Å². The molecule has 0 aliphatic carbocycles. The van der Waals surface area contributed by atoms with E-state index in [9.17, 15) is 4.79 Å². The highest BCUT2D eigenvalue weighted by atomic mass is 35.5. The van der Waals surface area contributed by atoms with E-state index < -0.39 is 0 Å². The van der Waals surface area contributed by atoms with Gasteiger partial charge in [0.2, 0.25) is 0 Å². The molecule has 0 amide bonds. The Kier molecular flexibility index (Phi) is 3.70. The molecule has 1 nitrogen and oxygen atoms in total. The topological polar surface area (TPSA) is 17.1 Å². The highest BCUT2D eigenvalue weighted by Gasteiger charge is 1.99. The highest BCUT2D eigenvalue weighted by Crippen LogP contribution is 2.21. The van der Waals surface area contributed by atoms with Gasteiger partial charge in [-0.05, 0) is 25.5 Å². The minimum atomic E-state index is -0.0172. The molecule has 0 N–H and O–H groups in total. The summed E-state index contributed by atoms with van der Waals surface area (Å²) in [6.07, 6.45) is 1.42. The lowest BCUT2D eigenvalue weighted by molar-refractivity contribution is -0.112. The Labute approximate surface area is 88.7 Å². The first-order valence-corrected chi connectivity index (χ1v) is 4.68. The smallest absolute Gasteiger partial charge is 0.160 e. The van der Waals surface area contributed by atoms with Crippen LogP contribution in [0.4, 0.5) is 0 Å². The second-order valence-corrected chi connectivity index (χ2v) is 3.41. The van der Waals surface area contributed by atoms with Crippen molar-refractivity contribution in [1.29, 1.82) is 0 Å². The van der Waals surface area contributed by atoms with Crippen molar-refractivity contribution in [3.8, 4) is 0 Å². The lowest BCUT2D eigenvalue weighted by Crippen LogP contribution is -1.81. The molecule has 1 rings (SSSR count). The molecule has 0 unspecified atom stereocenters. The summed E-state index contributed by atoms with van der Waals surface area (Å²) >= 11 is 5.97. The van der Waals surface area contributed by atoms with Gasteiger partial charge >= 0.3 is 0 Å². The Morgan fingerprint density at radius 3 is 2.57 bits per heavy atom. The van der Waals surface area contributed by atoms with E-state index >= 15 is 0 Å². The van der Waals surface area contributed by atoms with Crippen LogP contribution in [-0.4, -0.2) is 5.78 Å². The number of halogens is 1. The lowest BCUT2D eigenvalue weighted by Gasteiger charge is -2.00. The van der Waals surface area contributed by atoms with Crippen molar-refractivity contribution >= 4 is 23.0 Å². The van der Waals surface area contributed by atoms with Gasteiger partial charge < -0.3 is 0 Å². The van der Waals surface area contributed by atoms with Crippen molar-refractivity contribution in [2.45, 2.75) is 13.8 Å². The Morgan fingerprint density at radius 1 is 1.36 bits per heavy atom. The third-order valence-electron chi connectivity index (χ3n) is 1.77. The van der Waals surface area contributed by atoms with Crippen LogP contribution in [0.3, 0.4) is 0 Å². The molecule has 1 aromatic carbocycles. The summed E-state index contributed by atoms with van der Waals surface area (Å²) in [4.78, 5) is 10.7. The lowest BCUT2D eigenvalue weighted by atomic mass is 10.1. The molecule has 0 bridgehead atoms. The van der Waals surface area contributed by atoms with E-state index in [0.29, 0.717) is 5.02 Å². The molecule has 0 aliphatic rings. The molecule has 0 atom stereocenters. The van der Waals surface area contributed by atoms with Gasteiger partial charge in [0, 0.05) is 16.7 Å². The van der Waals surface area contributed by atoms with Crippen molar-refractivity contribution in [3.63, 3.8) is 0 Å². The molecule has 0 spiro atoms. The van der Waals surface area contributed by atoms with Crippen molar-refractivity contribution in [1.82, 2.24) is 0 Å². The molecule has 72 valence electrons. The van der Waals surface area contributed by atoms with Gasteiger partial charge in [-0.2, -0.15) is 0 Å². The largest absolute Gasteiger partial charge is 0.294 e. The van der Waals surface area contributed by atoms with E-state index in [0.717, 1.165) is 11.1 Å². The molecule has 0 heterocycles. The summed E-state index contributed by atoms with van der Waals surface area (Å²) in [6.45, 7) is 3.37. The van der Waals surface area contributed by atoms with Crippen molar-refractivity contribution in [2.75, 3.05) is 0 Å². The van der Waals surface area contributed by atoms with Crippen LogP contribution in [0.25, 0.3) is 5.57 Å². The zero-order valence-electron chi connectivity index (χ0n) is 8.17. The van der Waals surface area contributed by atoms with Crippen molar-refractivity contribution in [3.05, 3.63) is 46.7 Å². The fourth-order valence-electron chi connectivity index (χ4n) is 1.05. The van der Waals surface area contributed by atoms with Crippen LogP contribution in [0.2, 0.25) is 5.02 Å². The Morgan fingerprint density at radius 2 is 2.00 bits per heavy atom. The predicted octanol–water partition coefficient (Wildman–Crippen LogP) is 3.49. The summed E-state index contributed by atoms with van der Waals surface area (Å²) in [5.41, 5.74) is 4.67. The number of carbonyl (C=O) groups excluding carboxylic acids is 1. The Balaban J connectivity index is 3.13. The minimum Gasteiger partial charge on any atom is -0.294 e. The minimum absolute atomic E-state index is 0.0172. The maximum absolute atomic E-state index is 10.7. The maximum atomic E-state index is 10.7. The van der Waals surface area contributed by atoms with E-state index in [4.69, 9.17) is 11.6 Å². The number of hydrogen-bond donors (Lipinski definition) is 0. The summed E-state index contributed by atoms with van der Waals surface area (Å²) in [5.74, 6) is -0.0172. The Bertz CT molecular complexity index is 412. The number of allylic oxidation sites excluding steroid dienone is 1. The van der Waals surface area contributed by atoms with Crippen LogP contribution in [-0.2, 0) is 4.79 Å². The van der Waals surface area contributed by atoms with E-state index in [1.54, 1.807) is 0 Å². The van der Waals surface area contributed by atoms with E-state index in [2.05, 4.69) is 5.73 Å². The number of carbonyl (C=O) groups is 1. The van der Waals surface area contributed by atoms with Crippen molar-refractivity contribution in [2.24, 2.45) is 0 Å². The molecule has 0 aliphatic heterocycles. The van der Waals surface area contributed by atoms with E-state index in [-0.39, 0.29) is 5.78 Å². The molecular weight excluding hydrogens is 196 g/mol. The zero-order chi connectivity index (χ0) is 10.6. The molecule has 1 aromatic rings. The standard InChI is InChI=1S/C12H11ClO/c1-9(7-8-10(2)14)11-5-3-4-6-12(11)13/h3-6,8H,1-2H3. The SMILES string of the molecule is CC(=O)C=C=C(C)c1ccccc1Cl. The number of ketones is 1. The van der Waals surface area contributed by atoms with E-state index in [1.165, 1.54) is 13.0 Å². The zero-order valence-corrected chi connectivity index (χ0v) is 8.93. The van der Waals surface area contributed by atoms with Crippen molar-refractivity contribution < 1.29 is 4.79 Å². The van der Waals surface area contributed by atoms with Crippen LogP contribution in [0.15, 0.2) is 36.1 Å². The van der Waals surface area contributed by atoms with Gasteiger partial charge in [0.1, 0.15) is 0 Å². The van der Waals surface area contributed by atoms with Crippen LogP contribution in [0.1, 0.15) is 19.4 Å². The third kappa shape index (κ3) is 2.88. The molecule has 0 saturated carbocycles. The highest BCUT2D eigenvalue weighted by molar-refractivity contribution is 6.32. The average molecular weight is 207 g/mol. The van der Waals surface area contributed by atoms with Gasteiger partial charge in [-0.15, -0.1) is 5.73 Å². The van der Waals surface area contributed by atoms with Crippen LogP contribution < -0.4 is 0 Å². The maximum Gasteiger partial charge on any atom is 0.160 e. The molecule has 2 heteroatoms. The van der Waals surface area contributed by atoms with Crippen LogP contribution in [0, 0.1) is 0 Å². The average Bonchev–Trinajstić information content (AvgIpc) is 2.15. The number of hydrogen-bond acceptors (Lipinski definition) is 1. The number of benzene rings is 1. The molecule has 0 saturated heterocycles.